The van der Waals surface area contributed by atoms with Crippen molar-refractivity contribution in [3.63, 3.8) is 0 Å². The van der Waals surface area contributed by atoms with Crippen molar-refractivity contribution in [3.8, 4) is 0 Å². The summed E-state index contributed by atoms with van der Waals surface area (Å²) in [5.41, 5.74) is 0. The maximum atomic E-state index is 11.2. The van der Waals surface area contributed by atoms with E-state index in [0.717, 1.165) is 32.5 Å². The Morgan fingerprint density at radius 3 is 2.87 bits per heavy atom. The summed E-state index contributed by atoms with van der Waals surface area (Å²) in [5, 5.41) is 0. The Morgan fingerprint density at radius 1 is 1.47 bits per heavy atom. The van der Waals surface area contributed by atoms with Gasteiger partial charge in [-0.25, -0.2) is 0 Å². The first-order chi connectivity index (χ1) is 7.13. The summed E-state index contributed by atoms with van der Waals surface area (Å²) >= 11 is 0. The van der Waals surface area contributed by atoms with Gasteiger partial charge in [0.1, 0.15) is 5.78 Å². The number of ketones is 1. The van der Waals surface area contributed by atoms with Gasteiger partial charge in [-0.2, -0.15) is 0 Å². The minimum Gasteiger partial charge on any atom is -0.376 e. The molecular weight excluding hydrogens is 190 g/mol. The molecule has 0 aromatic carbocycles. The van der Waals surface area contributed by atoms with E-state index in [0.29, 0.717) is 24.3 Å². The van der Waals surface area contributed by atoms with E-state index < -0.39 is 0 Å². The normalized spacial score (nSPS) is 27.9. The highest BCUT2D eigenvalue weighted by Gasteiger charge is 2.22. The molecule has 1 aliphatic heterocycles. The maximum absolute atomic E-state index is 11.2. The second-order valence-corrected chi connectivity index (χ2v) is 4.48. The SMILES string of the molecule is CCC(=O)CCCN1CC(C)OCC1C. The predicted molar refractivity (Wildman–Crippen MR) is 61.0 cm³/mol. The molecule has 1 aliphatic rings. The monoisotopic (exact) mass is 213 g/mol. The third-order valence-electron chi connectivity index (χ3n) is 3.03. The van der Waals surface area contributed by atoms with E-state index in [1.54, 1.807) is 0 Å². The molecular formula is C12H23NO2. The highest BCUT2D eigenvalue weighted by Crippen LogP contribution is 2.12. The molecule has 0 bridgehead atoms. The van der Waals surface area contributed by atoms with Crippen LogP contribution in [0.4, 0.5) is 0 Å². The molecule has 0 N–H and O–H groups in total. The van der Waals surface area contributed by atoms with Crippen LogP contribution in [0.2, 0.25) is 0 Å². The van der Waals surface area contributed by atoms with Gasteiger partial charge in [0.05, 0.1) is 12.7 Å². The number of carbonyl (C=O) groups excluding carboxylic acids is 1. The predicted octanol–water partition coefficient (Wildman–Crippen LogP) is 1.85. The number of ether oxygens (including phenoxy) is 1. The third kappa shape index (κ3) is 4.31. The molecule has 0 saturated carbocycles. The zero-order chi connectivity index (χ0) is 11.3. The summed E-state index contributed by atoms with van der Waals surface area (Å²) < 4.78 is 5.56. The fourth-order valence-electron chi connectivity index (χ4n) is 1.94. The lowest BCUT2D eigenvalue weighted by Crippen LogP contribution is -2.47. The summed E-state index contributed by atoms with van der Waals surface area (Å²) in [6.45, 7) is 9.08. The minimum absolute atomic E-state index is 0.336. The van der Waals surface area contributed by atoms with Gasteiger partial charge in [0.25, 0.3) is 0 Å². The first-order valence-electron chi connectivity index (χ1n) is 6.00. The molecule has 3 heteroatoms. The Morgan fingerprint density at radius 2 is 2.20 bits per heavy atom. The van der Waals surface area contributed by atoms with Gasteiger partial charge in [0, 0.05) is 25.4 Å². The topological polar surface area (TPSA) is 29.5 Å². The Bertz CT molecular complexity index is 206. The van der Waals surface area contributed by atoms with E-state index in [1.807, 2.05) is 6.92 Å². The highest BCUT2D eigenvalue weighted by atomic mass is 16.5. The van der Waals surface area contributed by atoms with Crippen LogP contribution in [0.1, 0.15) is 40.0 Å². The number of hydrogen-bond donors (Lipinski definition) is 0. The van der Waals surface area contributed by atoms with Gasteiger partial charge >= 0.3 is 0 Å². The zero-order valence-corrected chi connectivity index (χ0v) is 10.2. The average molecular weight is 213 g/mol. The lowest BCUT2D eigenvalue weighted by atomic mass is 10.1. The molecule has 2 atom stereocenters. The molecule has 1 saturated heterocycles. The Labute approximate surface area is 92.8 Å². The van der Waals surface area contributed by atoms with Crippen molar-refractivity contribution in [1.82, 2.24) is 4.90 Å². The molecule has 2 unspecified atom stereocenters. The summed E-state index contributed by atoms with van der Waals surface area (Å²) in [7, 11) is 0. The van der Waals surface area contributed by atoms with E-state index in [-0.39, 0.29) is 0 Å². The van der Waals surface area contributed by atoms with Crippen LogP contribution >= 0.6 is 0 Å². The third-order valence-corrected chi connectivity index (χ3v) is 3.03. The van der Waals surface area contributed by atoms with Crippen molar-refractivity contribution in [2.75, 3.05) is 19.7 Å². The fourth-order valence-corrected chi connectivity index (χ4v) is 1.94. The van der Waals surface area contributed by atoms with E-state index in [4.69, 9.17) is 4.74 Å². The molecule has 0 amide bonds. The van der Waals surface area contributed by atoms with Crippen molar-refractivity contribution in [1.29, 1.82) is 0 Å². The van der Waals surface area contributed by atoms with Gasteiger partial charge in [0.15, 0.2) is 0 Å². The van der Waals surface area contributed by atoms with Gasteiger partial charge in [-0.05, 0) is 26.8 Å². The second-order valence-electron chi connectivity index (χ2n) is 4.48. The summed E-state index contributed by atoms with van der Waals surface area (Å²) in [6.07, 6.45) is 2.73. The van der Waals surface area contributed by atoms with Crippen LogP contribution < -0.4 is 0 Å². The summed E-state index contributed by atoms with van der Waals surface area (Å²) in [4.78, 5) is 13.6. The lowest BCUT2D eigenvalue weighted by Gasteiger charge is -2.36. The van der Waals surface area contributed by atoms with Crippen LogP contribution in [0.3, 0.4) is 0 Å². The quantitative estimate of drug-likeness (QED) is 0.698. The Hall–Kier alpha value is -0.410. The summed E-state index contributed by atoms with van der Waals surface area (Å²) in [5.74, 6) is 0.379. The van der Waals surface area contributed by atoms with Gasteiger partial charge in [-0.15, -0.1) is 0 Å². The smallest absolute Gasteiger partial charge is 0.132 e. The van der Waals surface area contributed by atoms with Crippen LogP contribution in [-0.4, -0.2) is 42.5 Å². The number of nitrogens with zero attached hydrogens (tertiary/aromatic N) is 1. The molecule has 15 heavy (non-hydrogen) atoms. The van der Waals surface area contributed by atoms with Crippen molar-refractivity contribution in [2.24, 2.45) is 0 Å². The molecule has 1 fully saturated rings. The van der Waals surface area contributed by atoms with Crippen LogP contribution in [-0.2, 0) is 9.53 Å². The number of hydrogen-bond acceptors (Lipinski definition) is 3. The van der Waals surface area contributed by atoms with Gasteiger partial charge in [-0.1, -0.05) is 6.92 Å². The molecule has 0 aromatic heterocycles. The first kappa shape index (κ1) is 12.7. The largest absolute Gasteiger partial charge is 0.376 e. The van der Waals surface area contributed by atoms with E-state index in [2.05, 4.69) is 18.7 Å². The average Bonchev–Trinajstić information content (AvgIpc) is 2.23. The van der Waals surface area contributed by atoms with E-state index in [9.17, 15) is 4.79 Å². The van der Waals surface area contributed by atoms with Gasteiger partial charge in [0.2, 0.25) is 0 Å². The molecule has 0 aromatic rings. The standard InChI is InChI=1S/C12H23NO2/c1-4-12(14)6-5-7-13-8-11(3)15-9-10(13)2/h10-11H,4-9H2,1-3H3. The Kier molecular flexibility index (Phi) is 5.26. The van der Waals surface area contributed by atoms with Crippen LogP contribution in [0.15, 0.2) is 0 Å². The zero-order valence-electron chi connectivity index (χ0n) is 10.2. The van der Waals surface area contributed by atoms with Crippen molar-refractivity contribution < 1.29 is 9.53 Å². The summed E-state index contributed by atoms with van der Waals surface area (Å²) in [6, 6.07) is 0.498. The van der Waals surface area contributed by atoms with Crippen LogP contribution in [0.5, 0.6) is 0 Å². The Balaban J connectivity index is 2.21. The van der Waals surface area contributed by atoms with Crippen LogP contribution in [0.25, 0.3) is 0 Å². The fraction of sp³-hybridized carbons (Fsp3) is 0.917. The first-order valence-corrected chi connectivity index (χ1v) is 6.00. The van der Waals surface area contributed by atoms with Gasteiger partial charge in [-0.3, -0.25) is 9.69 Å². The molecule has 3 nitrogen and oxygen atoms in total. The second kappa shape index (κ2) is 6.23. The van der Waals surface area contributed by atoms with Crippen molar-refractivity contribution in [2.45, 2.75) is 52.2 Å². The molecule has 1 heterocycles. The van der Waals surface area contributed by atoms with E-state index >= 15 is 0 Å². The van der Waals surface area contributed by atoms with Gasteiger partial charge < -0.3 is 4.74 Å². The van der Waals surface area contributed by atoms with E-state index in [1.165, 1.54) is 0 Å². The highest BCUT2D eigenvalue weighted by molar-refractivity contribution is 5.77. The maximum Gasteiger partial charge on any atom is 0.132 e. The number of morpholine rings is 1. The molecule has 88 valence electrons. The molecule has 0 spiro atoms. The molecule has 0 aliphatic carbocycles. The molecule has 1 rings (SSSR count). The lowest BCUT2D eigenvalue weighted by molar-refractivity contribution is -0.119. The van der Waals surface area contributed by atoms with Crippen LogP contribution in [0, 0.1) is 0 Å². The number of carbonyl (C=O) groups is 1. The van der Waals surface area contributed by atoms with Crippen molar-refractivity contribution in [3.05, 3.63) is 0 Å². The number of Topliss-reactive ketones (excluding diaryl/α,β-unsaturated/α-hetero) is 1. The number of rotatable bonds is 5. The van der Waals surface area contributed by atoms with Crippen molar-refractivity contribution >= 4 is 5.78 Å². The minimum atomic E-state index is 0.336. The molecule has 0 radical (unpaired) electrons.